The molecule has 0 bridgehead atoms. The first kappa shape index (κ1) is 16.6. The van der Waals surface area contributed by atoms with Crippen molar-refractivity contribution in [2.24, 2.45) is 0 Å². The van der Waals surface area contributed by atoms with Crippen molar-refractivity contribution in [3.05, 3.63) is 40.5 Å². The summed E-state index contributed by atoms with van der Waals surface area (Å²) in [4.78, 5) is 24.7. The zero-order valence-electron chi connectivity index (χ0n) is 15.3. The molecule has 1 amide bonds. The topological polar surface area (TPSA) is 81.2 Å². The summed E-state index contributed by atoms with van der Waals surface area (Å²) in [5.74, 6) is 0.636. The van der Waals surface area contributed by atoms with Crippen LogP contribution in [-0.2, 0) is 0 Å². The molecule has 4 aromatic heterocycles. The molecule has 1 atom stereocenters. The fourth-order valence-electron chi connectivity index (χ4n) is 2.90. The molecule has 0 saturated heterocycles. The van der Waals surface area contributed by atoms with E-state index in [1.807, 2.05) is 37.8 Å². The van der Waals surface area contributed by atoms with Crippen molar-refractivity contribution >= 4 is 33.1 Å². The monoisotopic (exact) mass is 369 g/mol. The van der Waals surface area contributed by atoms with Crippen LogP contribution in [0.25, 0.3) is 15.9 Å². The SMILES string of the molecule is Cc1cnn(C(C)c2nc3c4c(C)c(C(=O)N(C)C)sc4ncn3n2)c1. The normalized spacial score (nSPS) is 12.8. The van der Waals surface area contributed by atoms with Gasteiger partial charge in [0.2, 0.25) is 0 Å². The minimum absolute atomic E-state index is 0.0243. The van der Waals surface area contributed by atoms with Gasteiger partial charge in [-0.1, -0.05) is 0 Å². The number of carbonyl (C=O) groups excluding carboxylic acids is 1. The number of hydrogen-bond acceptors (Lipinski definition) is 6. The van der Waals surface area contributed by atoms with Crippen molar-refractivity contribution in [3.8, 4) is 0 Å². The van der Waals surface area contributed by atoms with Crippen LogP contribution in [0, 0.1) is 13.8 Å². The highest BCUT2D eigenvalue weighted by Crippen LogP contribution is 2.32. The van der Waals surface area contributed by atoms with Crippen molar-refractivity contribution in [2.45, 2.75) is 26.8 Å². The molecule has 0 aliphatic heterocycles. The van der Waals surface area contributed by atoms with Crippen LogP contribution in [0.3, 0.4) is 0 Å². The molecule has 4 aromatic rings. The Kier molecular flexibility index (Phi) is 3.76. The maximum atomic E-state index is 12.4. The minimum Gasteiger partial charge on any atom is -0.344 e. The van der Waals surface area contributed by atoms with E-state index in [-0.39, 0.29) is 11.9 Å². The number of aryl methyl sites for hydroxylation is 2. The van der Waals surface area contributed by atoms with Crippen LogP contribution in [0.5, 0.6) is 0 Å². The molecule has 0 aromatic carbocycles. The van der Waals surface area contributed by atoms with Crippen LogP contribution in [0.15, 0.2) is 18.7 Å². The molecule has 4 rings (SSSR count). The van der Waals surface area contributed by atoms with E-state index < -0.39 is 0 Å². The van der Waals surface area contributed by atoms with Crippen LogP contribution in [0.1, 0.15) is 39.6 Å². The fourth-order valence-corrected chi connectivity index (χ4v) is 4.06. The van der Waals surface area contributed by atoms with Crippen LogP contribution in [0.4, 0.5) is 0 Å². The van der Waals surface area contributed by atoms with Crippen molar-refractivity contribution in [2.75, 3.05) is 14.1 Å². The third-order valence-electron chi connectivity index (χ3n) is 4.39. The van der Waals surface area contributed by atoms with Crippen molar-refractivity contribution in [1.82, 2.24) is 34.3 Å². The Morgan fingerprint density at radius 2 is 2.08 bits per heavy atom. The summed E-state index contributed by atoms with van der Waals surface area (Å²) >= 11 is 1.39. The van der Waals surface area contributed by atoms with Crippen molar-refractivity contribution < 1.29 is 4.79 Å². The quantitative estimate of drug-likeness (QED) is 0.554. The van der Waals surface area contributed by atoms with E-state index in [4.69, 9.17) is 4.98 Å². The van der Waals surface area contributed by atoms with E-state index in [9.17, 15) is 4.79 Å². The second-order valence-corrected chi connectivity index (χ2v) is 7.59. The van der Waals surface area contributed by atoms with Gasteiger partial charge < -0.3 is 4.90 Å². The van der Waals surface area contributed by atoms with Gasteiger partial charge in [-0.25, -0.2) is 14.5 Å². The maximum absolute atomic E-state index is 12.4. The van der Waals surface area contributed by atoms with Gasteiger partial charge in [-0.15, -0.1) is 16.4 Å². The molecule has 134 valence electrons. The number of carbonyl (C=O) groups is 1. The Balaban J connectivity index is 1.88. The van der Waals surface area contributed by atoms with Crippen molar-refractivity contribution in [1.29, 1.82) is 0 Å². The molecule has 0 N–H and O–H groups in total. The maximum Gasteiger partial charge on any atom is 0.263 e. The Hall–Kier alpha value is -2.81. The number of rotatable bonds is 3. The van der Waals surface area contributed by atoms with Gasteiger partial charge in [-0.2, -0.15) is 5.10 Å². The smallest absolute Gasteiger partial charge is 0.263 e. The first-order valence-electron chi connectivity index (χ1n) is 8.23. The Bertz CT molecular complexity index is 1140. The average molecular weight is 369 g/mol. The lowest BCUT2D eigenvalue weighted by Crippen LogP contribution is -2.21. The van der Waals surface area contributed by atoms with Gasteiger partial charge >= 0.3 is 0 Å². The molecule has 1 unspecified atom stereocenters. The average Bonchev–Trinajstić information content (AvgIpc) is 3.30. The second-order valence-electron chi connectivity index (χ2n) is 6.59. The standard InChI is InChI=1S/C17H19N7OS/c1-9-6-19-23(7-9)11(3)14-20-15-12-10(2)13(17(25)22(4)5)26-16(12)18-8-24(15)21-14/h6-8,11H,1-5H3. The summed E-state index contributed by atoms with van der Waals surface area (Å²) in [5, 5.41) is 9.80. The Morgan fingerprint density at radius 3 is 2.73 bits per heavy atom. The lowest BCUT2D eigenvalue weighted by molar-refractivity contribution is 0.0831. The predicted octanol–water partition coefficient (Wildman–Crippen LogP) is 2.46. The molecule has 26 heavy (non-hydrogen) atoms. The first-order valence-corrected chi connectivity index (χ1v) is 9.05. The molecule has 4 heterocycles. The molecule has 0 aliphatic carbocycles. The van der Waals surface area contributed by atoms with Gasteiger partial charge in [0.05, 0.1) is 16.5 Å². The third kappa shape index (κ3) is 2.47. The molecule has 8 nitrogen and oxygen atoms in total. The van der Waals surface area contributed by atoms with E-state index in [1.165, 1.54) is 11.3 Å². The van der Waals surface area contributed by atoms with Crippen LogP contribution >= 0.6 is 11.3 Å². The molecule has 9 heteroatoms. The molecule has 0 radical (unpaired) electrons. The second kappa shape index (κ2) is 5.87. The summed E-state index contributed by atoms with van der Waals surface area (Å²) in [6.07, 6.45) is 5.43. The zero-order chi connectivity index (χ0) is 18.6. The number of nitrogens with zero attached hydrogens (tertiary/aromatic N) is 7. The number of amides is 1. The number of aromatic nitrogens is 6. The minimum atomic E-state index is -0.0968. The molecule has 0 spiro atoms. The first-order chi connectivity index (χ1) is 12.4. The largest absolute Gasteiger partial charge is 0.344 e. The highest BCUT2D eigenvalue weighted by molar-refractivity contribution is 7.20. The molecular weight excluding hydrogens is 350 g/mol. The Morgan fingerprint density at radius 1 is 1.31 bits per heavy atom. The zero-order valence-corrected chi connectivity index (χ0v) is 16.1. The third-order valence-corrected chi connectivity index (χ3v) is 5.57. The number of hydrogen-bond donors (Lipinski definition) is 0. The summed E-state index contributed by atoms with van der Waals surface area (Å²) in [7, 11) is 3.50. The molecule has 0 saturated carbocycles. The van der Waals surface area contributed by atoms with Gasteiger partial charge in [0.1, 0.15) is 17.2 Å². The van der Waals surface area contributed by atoms with Gasteiger partial charge in [0, 0.05) is 20.3 Å². The van der Waals surface area contributed by atoms with E-state index >= 15 is 0 Å². The summed E-state index contributed by atoms with van der Waals surface area (Å²) in [6.45, 7) is 5.94. The molecule has 0 fully saturated rings. The van der Waals surface area contributed by atoms with Crippen LogP contribution in [0.2, 0.25) is 0 Å². The lowest BCUT2D eigenvalue weighted by atomic mass is 10.2. The Labute approximate surface area is 154 Å². The van der Waals surface area contributed by atoms with Crippen molar-refractivity contribution in [3.63, 3.8) is 0 Å². The molecule has 0 aliphatic rings. The highest BCUT2D eigenvalue weighted by Gasteiger charge is 2.22. The van der Waals surface area contributed by atoms with Crippen LogP contribution < -0.4 is 0 Å². The van der Waals surface area contributed by atoms with Gasteiger partial charge in [-0.3, -0.25) is 9.48 Å². The van der Waals surface area contributed by atoms with E-state index in [2.05, 4.69) is 15.2 Å². The summed E-state index contributed by atoms with van der Waals surface area (Å²) in [5.41, 5.74) is 2.70. The fraction of sp³-hybridized carbons (Fsp3) is 0.353. The summed E-state index contributed by atoms with van der Waals surface area (Å²) in [6, 6.07) is -0.0968. The number of fused-ring (bicyclic) bond motifs is 3. The van der Waals surface area contributed by atoms with E-state index in [1.54, 1.807) is 29.8 Å². The number of thiophene rings is 1. The van der Waals surface area contributed by atoms with E-state index in [0.717, 1.165) is 21.3 Å². The lowest BCUT2D eigenvalue weighted by Gasteiger charge is -2.08. The summed E-state index contributed by atoms with van der Waals surface area (Å²) < 4.78 is 3.52. The highest BCUT2D eigenvalue weighted by atomic mass is 32.1. The predicted molar refractivity (Wildman–Crippen MR) is 99.7 cm³/mol. The molecular formula is C17H19N7OS. The van der Waals surface area contributed by atoms with E-state index in [0.29, 0.717) is 16.3 Å². The van der Waals surface area contributed by atoms with Gasteiger partial charge in [-0.05, 0) is 31.9 Å². The van der Waals surface area contributed by atoms with Gasteiger partial charge in [0.15, 0.2) is 11.5 Å². The van der Waals surface area contributed by atoms with Gasteiger partial charge in [0.25, 0.3) is 5.91 Å². The van der Waals surface area contributed by atoms with Crippen LogP contribution in [-0.4, -0.2) is 54.3 Å².